The van der Waals surface area contributed by atoms with Crippen molar-refractivity contribution < 1.29 is 14.3 Å². The first-order valence-corrected chi connectivity index (χ1v) is 6.72. The molecule has 2 rings (SSSR count). The van der Waals surface area contributed by atoms with Gasteiger partial charge < -0.3 is 9.47 Å². The van der Waals surface area contributed by atoms with E-state index in [1.165, 1.54) is 0 Å². The van der Waals surface area contributed by atoms with Crippen LogP contribution in [0.15, 0.2) is 48.5 Å². The van der Waals surface area contributed by atoms with E-state index in [2.05, 4.69) is 0 Å². The molecule has 0 spiro atoms. The molecular weight excluding hydrogens is 299 g/mol. The van der Waals surface area contributed by atoms with Crippen molar-refractivity contribution in [3.8, 4) is 5.75 Å². The second-order valence-corrected chi connectivity index (χ2v) is 4.77. The first-order valence-electron chi connectivity index (χ1n) is 5.97. The van der Waals surface area contributed by atoms with Gasteiger partial charge >= 0.3 is 5.97 Å². The van der Waals surface area contributed by atoms with Crippen LogP contribution < -0.4 is 4.74 Å². The minimum atomic E-state index is -0.378. The molecule has 0 aliphatic rings. The molecule has 0 bridgehead atoms. The zero-order valence-electron chi connectivity index (χ0n) is 10.5. The van der Waals surface area contributed by atoms with Crippen molar-refractivity contribution in [2.45, 2.75) is 0 Å². The van der Waals surface area contributed by atoms with Gasteiger partial charge in [-0.3, -0.25) is 0 Å². The first kappa shape index (κ1) is 14.7. The number of rotatable bonds is 5. The summed E-state index contributed by atoms with van der Waals surface area (Å²) in [5, 5.41) is 0.963. The number of carbonyl (C=O) groups is 1. The van der Waals surface area contributed by atoms with E-state index in [-0.39, 0.29) is 19.2 Å². The molecule has 104 valence electrons. The summed E-state index contributed by atoms with van der Waals surface area (Å²) < 4.78 is 10.5. The van der Waals surface area contributed by atoms with Crippen LogP contribution in [0.5, 0.6) is 5.75 Å². The lowest BCUT2D eigenvalue weighted by molar-refractivity contribution is 0.0450. The van der Waals surface area contributed by atoms with E-state index in [0.717, 1.165) is 0 Å². The number of benzene rings is 2. The van der Waals surface area contributed by atoms with Gasteiger partial charge in [-0.05, 0) is 30.3 Å². The Labute approximate surface area is 127 Å². The summed E-state index contributed by atoms with van der Waals surface area (Å²) in [7, 11) is 0. The van der Waals surface area contributed by atoms with Crippen molar-refractivity contribution >= 4 is 29.2 Å². The van der Waals surface area contributed by atoms with Gasteiger partial charge in [0.25, 0.3) is 0 Å². The van der Waals surface area contributed by atoms with Crippen LogP contribution in [0.4, 0.5) is 0 Å². The molecule has 0 fully saturated rings. The molecule has 0 aliphatic carbocycles. The Morgan fingerprint density at radius 3 is 2.45 bits per heavy atom. The highest BCUT2D eigenvalue weighted by molar-refractivity contribution is 6.35. The van der Waals surface area contributed by atoms with E-state index in [1.54, 1.807) is 42.5 Å². The molecule has 0 saturated heterocycles. The van der Waals surface area contributed by atoms with E-state index in [0.29, 0.717) is 21.4 Å². The first-order chi connectivity index (χ1) is 9.66. The van der Waals surface area contributed by atoms with Gasteiger partial charge in [-0.25, -0.2) is 4.79 Å². The molecule has 0 amide bonds. The van der Waals surface area contributed by atoms with Crippen LogP contribution in [0.3, 0.4) is 0 Å². The molecular formula is C15H12Cl2O3. The highest BCUT2D eigenvalue weighted by atomic mass is 35.5. The quantitative estimate of drug-likeness (QED) is 0.612. The minimum Gasteiger partial charge on any atom is -0.488 e. The van der Waals surface area contributed by atoms with Crippen LogP contribution in [0.2, 0.25) is 10.0 Å². The Morgan fingerprint density at radius 1 is 1.00 bits per heavy atom. The Balaban J connectivity index is 1.78. The molecule has 0 heterocycles. The third kappa shape index (κ3) is 4.15. The maximum absolute atomic E-state index is 11.6. The van der Waals surface area contributed by atoms with Crippen molar-refractivity contribution in [3.63, 3.8) is 0 Å². The van der Waals surface area contributed by atoms with Crippen LogP contribution in [-0.4, -0.2) is 19.2 Å². The predicted octanol–water partition coefficient (Wildman–Crippen LogP) is 4.23. The van der Waals surface area contributed by atoms with Gasteiger partial charge in [-0.15, -0.1) is 0 Å². The van der Waals surface area contributed by atoms with Crippen LogP contribution in [-0.2, 0) is 4.74 Å². The average molecular weight is 311 g/mol. The fourth-order valence-electron chi connectivity index (χ4n) is 1.54. The van der Waals surface area contributed by atoms with Gasteiger partial charge in [-0.2, -0.15) is 0 Å². The SMILES string of the molecule is O=C(OCCOc1ccc(Cl)cc1Cl)c1ccccc1. The molecule has 0 N–H and O–H groups in total. The van der Waals surface area contributed by atoms with Crippen molar-refractivity contribution in [3.05, 3.63) is 64.1 Å². The van der Waals surface area contributed by atoms with Crippen molar-refractivity contribution in [1.29, 1.82) is 0 Å². The molecule has 0 unspecified atom stereocenters. The molecule has 2 aromatic rings. The van der Waals surface area contributed by atoms with E-state index in [4.69, 9.17) is 32.7 Å². The molecule has 0 aliphatic heterocycles. The smallest absolute Gasteiger partial charge is 0.338 e. The summed E-state index contributed by atoms with van der Waals surface area (Å²) in [5.41, 5.74) is 0.511. The number of hydrogen-bond donors (Lipinski definition) is 0. The van der Waals surface area contributed by atoms with E-state index < -0.39 is 0 Å². The Kier molecular flexibility index (Phi) is 5.27. The minimum absolute atomic E-state index is 0.146. The number of hydrogen-bond acceptors (Lipinski definition) is 3. The second kappa shape index (κ2) is 7.17. The van der Waals surface area contributed by atoms with Gasteiger partial charge in [0.05, 0.1) is 10.6 Å². The van der Waals surface area contributed by atoms with E-state index >= 15 is 0 Å². The van der Waals surface area contributed by atoms with Gasteiger partial charge in [-0.1, -0.05) is 41.4 Å². The highest BCUT2D eigenvalue weighted by Crippen LogP contribution is 2.27. The number of ether oxygens (including phenoxy) is 2. The Morgan fingerprint density at radius 2 is 1.75 bits per heavy atom. The zero-order valence-corrected chi connectivity index (χ0v) is 12.0. The molecule has 0 saturated carbocycles. The molecule has 20 heavy (non-hydrogen) atoms. The van der Waals surface area contributed by atoms with Gasteiger partial charge in [0.1, 0.15) is 19.0 Å². The maximum atomic E-state index is 11.6. The van der Waals surface area contributed by atoms with E-state index in [1.807, 2.05) is 6.07 Å². The van der Waals surface area contributed by atoms with Gasteiger partial charge in [0, 0.05) is 5.02 Å². The lowest BCUT2D eigenvalue weighted by atomic mass is 10.2. The van der Waals surface area contributed by atoms with Crippen molar-refractivity contribution in [2.24, 2.45) is 0 Å². The van der Waals surface area contributed by atoms with Crippen LogP contribution in [0.1, 0.15) is 10.4 Å². The topological polar surface area (TPSA) is 35.5 Å². The molecule has 0 aromatic heterocycles. The van der Waals surface area contributed by atoms with Crippen LogP contribution in [0.25, 0.3) is 0 Å². The fraction of sp³-hybridized carbons (Fsp3) is 0.133. The molecule has 0 atom stereocenters. The number of halogens is 2. The summed E-state index contributed by atoms with van der Waals surface area (Å²) >= 11 is 11.7. The van der Waals surface area contributed by atoms with Gasteiger partial charge in [0.2, 0.25) is 0 Å². The third-order valence-corrected chi connectivity index (χ3v) is 3.01. The highest BCUT2D eigenvalue weighted by Gasteiger charge is 2.06. The Bertz CT molecular complexity index is 585. The average Bonchev–Trinajstić information content (AvgIpc) is 2.46. The molecule has 5 heteroatoms. The fourth-order valence-corrected chi connectivity index (χ4v) is 2.00. The van der Waals surface area contributed by atoms with E-state index in [9.17, 15) is 4.79 Å². The summed E-state index contributed by atoms with van der Waals surface area (Å²) in [6, 6.07) is 13.7. The summed E-state index contributed by atoms with van der Waals surface area (Å²) in [5.74, 6) is 0.128. The molecule has 2 aromatic carbocycles. The van der Waals surface area contributed by atoms with Crippen molar-refractivity contribution in [1.82, 2.24) is 0 Å². The standard InChI is InChI=1S/C15H12Cl2O3/c16-12-6-7-14(13(17)10-12)19-8-9-20-15(18)11-4-2-1-3-5-11/h1-7,10H,8-9H2. The largest absolute Gasteiger partial charge is 0.488 e. The summed E-state index contributed by atoms with van der Waals surface area (Å²) in [6.45, 7) is 0.368. The predicted molar refractivity (Wildman–Crippen MR) is 78.7 cm³/mol. The Hall–Kier alpha value is -1.71. The van der Waals surface area contributed by atoms with Crippen LogP contribution in [0, 0.1) is 0 Å². The number of carbonyl (C=O) groups excluding carboxylic acids is 1. The number of esters is 1. The lowest BCUT2D eigenvalue weighted by Crippen LogP contribution is -2.12. The van der Waals surface area contributed by atoms with Gasteiger partial charge in [0.15, 0.2) is 0 Å². The third-order valence-electron chi connectivity index (χ3n) is 2.48. The zero-order chi connectivity index (χ0) is 14.4. The molecule has 3 nitrogen and oxygen atoms in total. The summed E-state index contributed by atoms with van der Waals surface area (Å²) in [4.78, 5) is 11.6. The van der Waals surface area contributed by atoms with Crippen molar-refractivity contribution in [2.75, 3.05) is 13.2 Å². The monoisotopic (exact) mass is 310 g/mol. The summed E-state index contributed by atoms with van der Waals surface area (Å²) in [6.07, 6.45) is 0. The maximum Gasteiger partial charge on any atom is 0.338 e. The second-order valence-electron chi connectivity index (χ2n) is 3.93. The molecule has 0 radical (unpaired) electrons. The van der Waals surface area contributed by atoms with Crippen LogP contribution >= 0.6 is 23.2 Å². The normalized spacial score (nSPS) is 10.1. The lowest BCUT2D eigenvalue weighted by Gasteiger charge is -2.09.